The maximum atomic E-state index is 11.2. The Hall–Kier alpha value is -1.98. The number of pyridine rings is 1. The Labute approximate surface area is 116 Å². The molecule has 20 heavy (non-hydrogen) atoms. The molecule has 2 heterocycles. The average molecular weight is 272 g/mol. The summed E-state index contributed by atoms with van der Waals surface area (Å²) in [5.41, 5.74) is 1.96. The minimum atomic E-state index is -0.871. The van der Waals surface area contributed by atoms with Gasteiger partial charge in [-0.05, 0) is 23.8 Å². The van der Waals surface area contributed by atoms with Gasteiger partial charge >= 0.3 is 5.97 Å². The van der Waals surface area contributed by atoms with E-state index in [1.54, 1.807) is 6.20 Å². The number of likely N-dealkylation sites (tertiary alicyclic amines) is 1. The molecule has 0 bridgehead atoms. The second-order valence-electron chi connectivity index (χ2n) is 5.20. The summed E-state index contributed by atoms with van der Waals surface area (Å²) in [4.78, 5) is 17.3. The van der Waals surface area contributed by atoms with Gasteiger partial charge in [0.1, 0.15) is 6.04 Å². The number of aliphatic hydroxyl groups is 1. The molecule has 0 radical (unpaired) electrons. The molecule has 2 unspecified atom stereocenters. The van der Waals surface area contributed by atoms with Crippen molar-refractivity contribution in [1.82, 2.24) is 9.88 Å². The standard InChI is InChI=1S/C15H16N2O3/c18-12-7-14(15(19)20)17(9-12)8-10-3-4-13-11(6-10)2-1-5-16-13/h1-6,12,14,18H,7-9H2,(H,19,20). The highest BCUT2D eigenvalue weighted by molar-refractivity contribution is 5.79. The minimum Gasteiger partial charge on any atom is -0.480 e. The van der Waals surface area contributed by atoms with Gasteiger partial charge in [-0.15, -0.1) is 0 Å². The number of hydrogen-bond acceptors (Lipinski definition) is 4. The van der Waals surface area contributed by atoms with Gasteiger partial charge in [-0.2, -0.15) is 0 Å². The molecule has 2 atom stereocenters. The van der Waals surface area contributed by atoms with Gasteiger partial charge in [0.15, 0.2) is 0 Å². The van der Waals surface area contributed by atoms with Crippen molar-refractivity contribution < 1.29 is 15.0 Å². The van der Waals surface area contributed by atoms with Crippen LogP contribution in [-0.4, -0.2) is 44.8 Å². The largest absolute Gasteiger partial charge is 0.480 e. The van der Waals surface area contributed by atoms with E-state index in [1.165, 1.54) is 0 Å². The number of β-amino-alcohol motifs (C(OH)–C–C–N with tert-alkyl or cyclic N) is 1. The maximum absolute atomic E-state index is 11.2. The fourth-order valence-corrected chi connectivity index (χ4v) is 2.77. The molecule has 5 nitrogen and oxygen atoms in total. The summed E-state index contributed by atoms with van der Waals surface area (Å²) in [7, 11) is 0. The number of hydrogen-bond donors (Lipinski definition) is 2. The van der Waals surface area contributed by atoms with Crippen LogP contribution in [0.1, 0.15) is 12.0 Å². The van der Waals surface area contributed by atoms with Gasteiger partial charge in [0, 0.05) is 31.1 Å². The molecule has 1 aliphatic rings. The molecule has 0 saturated carbocycles. The van der Waals surface area contributed by atoms with Crippen LogP contribution in [0, 0.1) is 0 Å². The number of nitrogens with zero attached hydrogens (tertiary/aromatic N) is 2. The summed E-state index contributed by atoms with van der Waals surface area (Å²) in [5.74, 6) is -0.871. The van der Waals surface area contributed by atoms with E-state index in [4.69, 9.17) is 0 Å². The zero-order chi connectivity index (χ0) is 14.1. The van der Waals surface area contributed by atoms with E-state index < -0.39 is 18.1 Å². The number of rotatable bonds is 3. The number of carboxylic acid groups (broad SMARTS) is 1. The molecule has 3 rings (SSSR count). The van der Waals surface area contributed by atoms with Crippen molar-refractivity contribution in [3.05, 3.63) is 42.1 Å². The zero-order valence-corrected chi connectivity index (χ0v) is 10.9. The lowest BCUT2D eigenvalue weighted by Gasteiger charge is -2.20. The molecule has 1 aliphatic heterocycles. The van der Waals surface area contributed by atoms with Crippen molar-refractivity contribution in [3.8, 4) is 0 Å². The van der Waals surface area contributed by atoms with Gasteiger partial charge in [0.25, 0.3) is 0 Å². The molecule has 1 saturated heterocycles. The molecule has 0 spiro atoms. The number of aliphatic hydroxyl groups excluding tert-OH is 1. The van der Waals surface area contributed by atoms with E-state index in [2.05, 4.69) is 4.98 Å². The number of aromatic nitrogens is 1. The highest BCUT2D eigenvalue weighted by atomic mass is 16.4. The summed E-state index contributed by atoms with van der Waals surface area (Å²) < 4.78 is 0. The predicted molar refractivity (Wildman–Crippen MR) is 74.2 cm³/mol. The van der Waals surface area contributed by atoms with Crippen molar-refractivity contribution in [2.24, 2.45) is 0 Å². The van der Waals surface area contributed by atoms with Crippen LogP contribution in [0.15, 0.2) is 36.5 Å². The topological polar surface area (TPSA) is 73.7 Å². The number of fused-ring (bicyclic) bond motifs is 1. The van der Waals surface area contributed by atoms with Crippen LogP contribution in [0.2, 0.25) is 0 Å². The normalized spacial score (nSPS) is 23.2. The van der Waals surface area contributed by atoms with Crippen LogP contribution in [0.25, 0.3) is 10.9 Å². The van der Waals surface area contributed by atoms with Gasteiger partial charge < -0.3 is 10.2 Å². The van der Waals surface area contributed by atoms with E-state index in [-0.39, 0.29) is 0 Å². The summed E-state index contributed by atoms with van der Waals surface area (Å²) in [6.45, 7) is 0.931. The zero-order valence-electron chi connectivity index (χ0n) is 10.9. The Morgan fingerprint density at radius 2 is 2.25 bits per heavy atom. The van der Waals surface area contributed by atoms with Gasteiger partial charge in [-0.1, -0.05) is 12.1 Å². The SMILES string of the molecule is O=C(O)C1CC(O)CN1Cc1ccc2ncccc2c1. The second kappa shape index (κ2) is 5.19. The Morgan fingerprint density at radius 1 is 1.40 bits per heavy atom. The van der Waals surface area contributed by atoms with Crippen LogP contribution in [0.5, 0.6) is 0 Å². The Kier molecular flexibility index (Phi) is 3.38. The summed E-state index contributed by atoms with van der Waals surface area (Å²) in [5, 5.41) is 19.9. The van der Waals surface area contributed by atoms with Crippen LogP contribution < -0.4 is 0 Å². The molecule has 1 fully saturated rings. The number of aliphatic carboxylic acids is 1. The van der Waals surface area contributed by atoms with Crippen LogP contribution >= 0.6 is 0 Å². The molecule has 2 N–H and O–H groups in total. The molecule has 0 aliphatic carbocycles. The molecule has 0 amide bonds. The first-order chi connectivity index (χ1) is 9.63. The monoisotopic (exact) mass is 272 g/mol. The third kappa shape index (κ3) is 2.50. The first-order valence-corrected chi connectivity index (χ1v) is 6.62. The molecule has 1 aromatic heterocycles. The third-order valence-electron chi connectivity index (χ3n) is 3.72. The Balaban J connectivity index is 1.83. The Morgan fingerprint density at radius 3 is 3.05 bits per heavy atom. The highest BCUT2D eigenvalue weighted by Gasteiger charge is 2.35. The molecule has 5 heteroatoms. The smallest absolute Gasteiger partial charge is 0.321 e. The summed E-state index contributed by atoms with van der Waals surface area (Å²) in [6, 6.07) is 9.18. The lowest BCUT2D eigenvalue weighted by Crippen LogP contribution is -2.35. The van der Waals surface area contributed by atoms with Gasteiger partial charge in [0.2, 0.25) is 0 Å². The lowest BCUT2D eigenvalue weighted by molar-refractivity contribution is -0.142. The quantitative estimate of drug-likeness (QED) is 0.880. The third-order valence-corrected chi connectivity index (χ3v) is 3.72. The van der Waals surface area contributed by atoms with E-state index >= 15 is 0 Å². The van der Waals surface area contributed by atoms with Gasteiger partial charge in [-0.3, -0.25) is 14.7 Å². The highest BCUT2D eigenvalue weighted by Crippen LogP contribution is 2.22. The number of benzene rings is 1. The summed E-state index contributed by atoms with van der Waals surface area (Å²) >= 11 is 0. The number of carbonyl (C=O) groups is 1. The maximum Gasteiger partial charge on any atom is 0.321 e. The van der Waals surface area contributed by atoms with Crippen LogP contribution in [-0.2, 0) is 11.3 Å². The average Bonchev–Trinajstić information content (AvgIpc) is 2.80. The molecule has 1 aromatic carbocycles. The first-order valence-electron chi connectivity index (χ1n) is 6.62. The fraction of sp³-hybridized carbons (Fsp3) is 0.333. The number of carboxylic acids is 1. The van der Waals surface area contributed by atoms with Crippen LogP contribution in [0.3, 0.4) is 0 Å². The Bertz CT molecular complexity index is 644. The minimum absolute atomic E-state index is 0.296. The van der Waals surface area contributed by atoms with Crippen molar-refractivity contribution in [1.29, 1.82) is 0 Å². The van der Waals surface area contributed by atoms with Gasteiger partial charge in [-0.25, -0.2) is 0 Å². The summed E-state index contributed by atoms with van der Waals surface area (Å²) in [6.07, 6.45) is 1.49. The van der Waals surface area contributed by atoms with E-state index in [9.17, 15) is 15.0 Å². The van der Waals surface area contributed by atoms with E-state index in [0.717, 1.165) is 16.5 Å². The fourth-order valence-electron chi connectivity index (χ4n) is 2.77. The van der Waals surface area contributed by atoms with Crippen molar-refractivity contribution in [2.75, 3.05) is 6.54 Å². The predicted octanol–water partition coefficient (Wildman–Crippen LogP) is 1.25. The van der Waals surface area contributed by atoms with E-state index in [0.29, 0.717) is 19.5 Å². The van der Waals surface area contributed by atoms with Gasteiger partial charge in [0.05, 0.1) is 11.6 Å². The van der Waals surface area contributed by atoms with E-state index in [1.807, 2.05) is 35.2 Å². The van der Waals surface area contributed by atoms with Crippen molar-refractivity contribution in [2.45, 2.75) is 25.1 Å². The lowest BCUT2D eigenvalue weighted by atomic mass is 10.1. The molecule has 2 aromatic rings. The molecule has 104 valence electrons. The second-order valence-corrected chi connectivity index (χ2v) is 5.20. The van der Waals surface area contributed by atoms with Crippen LogP contribution in [0.4, 0.5) is 0 Å². The molecular weight excluding hydrogens is 256 g/mol. The van der Waals surface area contributed by atoms with Crippen molar-refractivity contribution in [3.63, 3.8) is 0 Å². The molecular formula is C15H16N2O3. The van der Waals surface area contributed by atoms with Crippen molar-refractivity contribution >= 4 is 16.9 Å². The first kappa shape index (κ1) is 13.0.